The van der Waals surface area contributed by atoms with Crippen LogP contribution in [0.3, 0.4) is 0 Å². The summed E-state index contributed by atoms with van der Waals surface area (Å²) in [5.41, 5.74) is 3.21. The van der Waals surface area contributed by atoms with Crippen LogP contribution in [0, 0.1) is 13.8 Å². The second kappa shape index (κ2) is 7.84. The minimum absolute atomic E-state index is 0.0356. The van der Waals surface area contributed by atoms with Crippen molar-refractivity contribution in [3.05, 3.63) is 51.7 Å². The molecule has 0 aliphatic carbocycles. The van der Waals surface area contributed by atoms with Crippen LogP contribution in [0.4, 0.5) is 0 Å². The molecule has 0 saturated carbocycles. The molecule has 3 rings (SSSR count). The quantitative estimate of drug-likeness (QED) is 0.607. The first-order valence-corrected chi connectivity index (χ1v) is 9.70. The molecule has 1 amide bonds. The first-order valence-electron chi connectivity index (χ1n) is 7.84. The Morgan fingerprint density at radius 3 is 2.72 bits per heavy atom. The molecule has 0 spiro atoms. The lowest BCUT2D eigenvalue weighted by Gasteiger charge is -2.16. The second-order valence-corrected chi connectivity index (χ2v) is 7.68. The number of aryl methyl sites for hydroxylation is 2. The summed E-state index contributed by atoms with van der Waals surface area (Å²) in [6.07, 6.45) is 0. The number of carbonyl (C=O) groups excluding carboxylic acids is 1. The fourth-order valence-corrected chi connectivity index (χ4v) is 3.96. The lowest BCUT2D eigenvalue weighted by atomic mass is 10.1. The number of aromatic nitrogens is 2. The molecule has 0 saturated heterocycles. The molecule has 0 fully saturated rings. The Kier molecular flexibility index (Phi) is 5.55. The average Bonchev–Trinajstić information content (AvgIpc) is 3.22. The van der Waals surface area contributed by atoms with Crippen LogP contribution in [0.15, 0.2) is 45.4 Å². The van der Waals surface area contributed by atoms with E-state index in [1.165, 1.54) is 22.2 Å². The van der Waals surface area contributed by atoms with Crippen molar-refractivity contribution in [1.82, 2.24) is 15.1 Å². The van der Waals surface area contributed by atoms with E-state index in [-0.39, 0.29) is 11.7 Å². The number of nitrogens with zero attached hydrogens (tertiary/aromatic N) is 3. The van der Waals surface area contributed by atoms with E-state index in [9.17, 15) is 4.79 Å². The number of hydrogen-bond donors (Lipinski definition) is 0. The van der Waals surface area contributed by atoms with Gasteiger partial charge in [-0.1, -0.05) is 30.0 Å². The molecule has 3 aromatic rings. The summed E-state index contributed by atoms with van der Waals surface area (Å²) in [7, 11) is 1.81. The Balaban J connectivity index is 1.58. The van der Waals surface area contributed by atoms with E-state index in [1.807, 2.05) is 43.6 Å². The second-order valence-electron chi connectivity index (χ2n) is 5.75. The van der Waals surface area contributed by atoms with Crippen molar-refractivity contribution < 1.29 is 9.21 Å². The van der Waals surface area contributed by atoms with Crippen molar-refractivity contribution in [1.29, 1.82) is 0 Å². The fourth-order valence-electron chi connectivity index (χ4n) is 2.29. The minimum atomic E-state index is 0.0356. The first kappa shape index (κ1) is 17.7. The van der Waals surface area contributed by atoms with Crippen LogP contribution < -0.4 is 0 Å². The Bertz CT molecular complexity index is 873. The minimum Gasteiger partial charge on any atom is -0.411 e. The van der Waals surface area contributed by atoms with Crippen molar-refractivity contribution in [3.63, 3.8) is 0 Å². The topological polar surface area (TPSA) is 59.2 Å². The molecule has 0 atom stereocenters. The predicted octanol–water partition coefficient (Wildman–Crippen LogP) is 4.17. The molecule has 5 nitrogen and oxygen atoms in total. The summed E-state index contributed by atoms with van der Waals surface area (Å²) < 4.78 is 5.68. The number of thioether (sulfide) groups is 1. The predicted molar refractivity (Wildman–Crippen MR) is 101 cm³/mol. The van der Waals surface area contributed by atoms with Gasteiger partial charge < -0.3 is 9.32 Å². The highest BCUT2D eigenvalue weighted by atomic mass is 32.2. The lowest BCUT2D eigenvalue weighted by molar-refractivity contribution is -0.127. The molecule has 2 aromatic heterocycles. The molecule has 25 heavy (non-hydrogen) atoms. The number of thiophene rings is 1. The third-order valence-electron chi connectivity index (χ3n) is 3.88. The van der Waals surface area contributed by atoms with E-state index in [1.54, 1.807) is 16.2 Å². The third kappa shape index (κ3) is 4.29. The molecule has 0 N–H and O–H groups in total. The van der Waals surface area contributed by atoms with Crippen LogP contribution in [-0.2, 0) is 11.3 Å². The zero-order valence-electron chi connectivity index (χ0n) is 14.4. The summed E-state index contributed by atoms with van der Waals surface area (Å²) in [6, 6.07) is 9.91. The normalized spacial score (nSPS) is 10.8. The van der Waals surface area contributed by atoms with Crippen molar-refractivity contribution in [3.8, 4) is 11.5 Å². The van der Waals surface area contributed by atoms with Gasteiger partial charge in [0.15, 0.2) is 0 Å². The van der Waals surface area contributed by atoms with Gasteiger partial charge in [-0.2, -0.15) is 0 Å². The monoisotopic (exact) mass is 373 g/mol. The zero-order valence-corrected chi connectivity index (χ0v) is 16.0. The van der Waals surface area contributed by atoms with Gasteiger partial charge in [-0.15, -0.1) is 21.5 Å². The maximum Gasteiger partial charge on any atom is 0.277 e. The molecule has 0 aliphatic heterocycles. The summed E-state index contributed by atoms with van der Waals surface area (Å²) in [5, 5.41) is 10.6. The summed E-state index contributed by atoms with van der Waals surface area (Å²) in [5.74, 6) is 0.792. The molecule has 0 aliphatic rings. The number of rotatable bonds is 6. The molecule has 1 aromatic carbocycles. The van der Waals surface area contributed by atoms with Crippen LogP contribution in [-0.4, -0.2) is 33.8 Å². The van der Waals surface area contributed by atoms with E-state index >= 15 is 0 Å². The van der Waals surface area contributed by atoms with Gasteiger partial charge in [-0.3, -0.25) is 4.79 Å². The smallest absolute Gasteiger partial charge is 0.277 e. The lowest BCUT2D eigenvalue weighted by Crippen LogP contribution is -2.27. The Morgan fingerprint density at radius 2 is 2.00 bits per heavy atom. The van der Waals surface area contributed by atoms with Crippen LogP contribution in [0.1, 0.15) is 16.0 Å². The maximum atomic E-state index is 12.3. The first-order chi connectivity index (χ1) is 12.0. The molecule has 0 bridgehead atoms. The maximum absolute atomic E-state index is 12.3. The number of carbonyl (C=O) groups is 1. The zero-order chi connectivity index (χ0) is 17.8. The fraction of sp³-hybridized carbons (Fsp3) is 0.278. The van der Waals surface area contributed by atoms with Gasteiger partial charge in [0.25, 0.3) is 5.22 Å². The Morgan fingerprint density at radius 1 is 1.20 bits per heavy atom. The van der Waals surface area contributed by atoms with Gasteiger partial charge >= 0.3 is 0 Å². The van der Waals surface area contributed by atoms with Crippen molar-refractivity contribution in [2.24, 2.45) is 0 Å². The van der Waals surface area contributed by atoms with Crippen molar-refractivity contribution in [2.75, 3.05) is 12.8 Å². The SMILES string of the molecule is Cc1ccccc1-c1nnc(SCC(=O)N(C)Cc2sccc2C)o1. The highest BCUT2D eigenvalue weighted by Crippen LogP contribution is 2.25. The molecule has 0 unspecified atom stereocenters. The van der Waals surface area contributed by atoms with Crippen molar-refractivity contribution in [2.45, 2.75) is 25.6 Å². The summed E-state index contributed by atoms with van der Waals surface area (Å²) in [4.78, 5) is 15.2. The number of benzene rings is 1. The van der Waals surface area contributed by atoms with Gasteiger partial charge in [0.1, 0.15) is 0 Å². The molecule has 7 heteroatoms. The van der Waals surface area contributed by atoms with Gasteiger partial charge in [-0.25, -0.2) is 0 Å². The summed E-state index contributed by atoms with van der Waals surface area (Å²) >= 11 is 2.94. The van der Waals surface area contributed by atoms with Crippen molar-refractivity contribution >= 4 is 29.0 Å². The standard InChI is InChI=1S/C18H19N3O2S2/c1-12-6-4-5-7-14(12)17-19-20-18(23-17)25-11-16(22)21(3)10-15-13(2)8-9-24-15/h4-9H,10-11H2,1-3H3. The summed E-state index contributed by atoms with van der Waals surface area (Å²) in [6.45, 7) is 4.68. The van der Waals surface area contributed by atoms with Gasteiger partial charge in [0.05, 0.1) is 12.3 Å². The van der Waals surface area contributed by atoms with E-state index in [4.69, 9.17) is 4.42 Å². The molecule has 0 radical (unpaired) electrons. The average molecular weight is 374 g/mol. The Hall–Kier alpha value is -2.12. The van der Waals surface area contributed by atoms with E-state index in [0.717, 1.165) is 11.1 Å². The highest BCUT2D eigenvalue weighted by molar-refractivity contribution is 7.99. The van der Waals surface area contributed by atoms with Crippen LogP contribution in [0.5, 0.6) is 0 Å². The Labute approximate surface area is 155 Å². The van der Waals surface area contributed by atoms with Crippen LogP contribution in [0.25, 0.3) is 11.5 Å². The van der Waals surface area contributed by atoms with Crippen LogP contribution >= 0.6 is 23.1 Å². The van der Waals surface area contributed by atoms with Gasteiger partial charge in [0, 0.05) is 17.5 Å². The molecule has 2 heterocycles. The molecule has 130 valence electrons. The number of hydrogen-bond acceptors (Lipinski definition) is 6. The van der Waals surface area contributed by atoms with E-state index < -0.39 is 0 Å². The highest BCUT2D eigenvalue weighted by Gasteiger charge is 2.15. The molecular formula is C18H19N3O2S2. The van der Waals surface area contributed by atoms with E-state index in [2.05, 4.69) is 23.2 Å². The van der Waals surface area contributed by atoms with E-state index in [0.29, 0.717) is 17.7 Å². The number of amides is 1. The van der Waals surface area contributed by atoms with Gasteiger partial charge in [-0.05, 0) is 42.5 Å². The third-order valence-corrected chi connectivity index (χ3v) is 5.69. The largest absolute Gasteiger partial charge is 0.411 e. The molecular weight excluding hydrogens is 354 g/mol. The van der Waals surface area contributed by atoms with Gasteiger partial charge in [0.2, 0.25) is 11.8 Å². The van der Waals surface area contributed by atoms with Crippen LogP contribution in [0.2, 0.25) is 0 Å².